The number of ketones is 1. The summed E-state index contributed by atoms with van der Waals surface area (Å²) in [4.78, 5) is 16.6. The van der Waals surface area contributed by atoms with Crippen LogP contribution in [0.4, 0.5) is 5.82 Å². The molecule has 2 aromatic heterocycles. The molecule has 29 heavy (non-hydrogen) atoms. The summed E-state index contributed by atoms with van der Waals surface area (Å²) < 4.78 is 7.45. The number of hydrogen-bond donors (Lipinski definition) is 1. The summed E-state index contributed by atoms with van der Waals surface area (Å²) in [5.41, 5.74) is 3.64. The maximum Gasteiger partial charge on any atom is 0.204 e. The van der Waals surface area contributed by atoms with Gasteiger partial charge in [-0.05, 0) is 44.2 Å². The number of benzene rings is 1. The van der Waals surface area contributed by atoms with E-state index < -0.39 is 0 Å². The highest BCUT2D eigenvalue weighted by Gasteiger charge is 2.15. The molecule has 0 bridgehead atoms. The fourth-order valence-electron chi connectivity index (χ4n) is 3.68. The van der Waals surface area contributed by atoms with Crippen molar-refractivity contribution < 1.29 is 9.53 Å². The zero-order chi connectivity index (χ0) is 21.0. The number of hydrogen-bond acceptors (Lipinski definition) is 6. The first-order valence-electron chi connectivity index (χ1n) is 10.4. The lowest BCUT2D eigenvalue weighted by atomic mass is 10.0. The van der Waals surface area contributed by atoms with E-state index in [0.717, 1.165) is 65.4 Å². The van der Waals surface area contributed by atoms with Crippen LogP contribution in [0.3, 0.4) is 0 Å². The van der Waals surface area contributed by atoms with Crippen LogP contribution in [0.15, 0.2) is 12.1 Å². The lowest BCUT2D eigenvalue weighted by Crippen LogP contribution is -2.08. The molecule has 1 aromatic carbocycles. The number of fused-ring (bicyclic) bond motifs is 3. The molecule has 1 N–H and O–H groups in total. The summed E-state index contributed by atoms with van der Waals surface area (Å²) in [6.07, 6.45) is 4.30. The van der Waals surface area contributed by atoms with Gasteiger partial charge in [0, 0.05) is 25.5 Å². The summed E-state index contributed by atoms with van der Waals surface area (Å²) in [6.45, 7) is 8.94. The van der Waals surface area contributed by atoms with Gasteiger partial charge in [-0.15, -0.1) is 10.2 Å². The highest BCUT2D eigenvalue weighted by Crippen LogP contribution is 2.28. The minimum absolute atomic E-state index is 0.370. The fourth-order valence-corrected chi connectivity index (χ4v) is 3.68. The van der Waals surface area contributed by atoms with Crippen LogP contribution >= 0.6 is 0 Å². The number of aromatic nitrogens is 4. The van der Waals surface area contributed by atoms with Gasteiger partial charge < -0.3 is 10.1 Å². The summed E-state index contributed by atoms with van der Waals surface area (Å²) in [6, 6.07) is 3.93. The number of unbranched alkanes of at least 4 members (excludes halogenated alkanes) is 2. The maximum atomic E-state index is 11.8. The summed E-state index contributed by atoms with van der Waals surface area (Å²) >= 11 is 0. The van der Waals surface area contributed by atoms with Crippen LogP contribution in [0.1, 0.15) is 57.3 Å². The predicted octanol–water partition coefficient (Wildman–Crippen LogP) is 4.49. The molecule has 7 heteroatoms. The van der Waals surface area contributed by atoms with Gasteiger partial charge in [0.05, 0.1) is 18.1 Å². The first-order chi connectivity index (χ1) is 13.9. The average molecular weight is 398 g/mol. The molecule has 0 atom stereocenters. The van der Waals surface area contributed by atoms with Gasteiger partial charge in [0.25, 0.3) is 0 Å². The van der Waals surface area contributed by atoms with Crippen LogP contribution in [0.2, 0.25) is 0 Å². The van der Waals surface area contributed by atoms with Crippen LogP contribution in [0, 0.1) is 19.8 Å². The molecule has 0 aliphatic heterocycles. The number of rotatable bonds is 10. The lowest BCUT2D eigenvalue weighted by molar-refractivity contribution is -0.119. The monoisotopic (exact) mass is 397 g/mol. The van der Waals surface area contributed by atoms with Gasteiger partial charge in [-0.1, -0.05) is 20.3 Å². The number of methoxy groups -OCH3 is 1. The molecule has 156 valence electrons. The van der Waals surface area contributed by atoms with Crippen molar-refractivity contribution in [2.24, 2.45) is 5.92 Å². The van der Waals surface area contributed by atoms with E-state index in [1.807, 2.05) is 30.4 Å². The van der Waals surface area contributed by atoms with Crippen molar-refractivity contribution in [3.63, 3.8) is 0 Å². The van der Waals surface area contributed by atoms with Crippen LogP contribution in [-0.4, -0.2) is 39.0 Å². The molecular weight excluding hydrogens is 366 g/mol. The van der Waals surface area contributed by atoms with Gasteiger partial charge in [-0.25, -0.2) is 4.98 Å². The van der Waals surface area contributed by atoms with E-state index in [9.17, 15) is 4.79 Å². The van der Waals surface area contributed by atoms with Gasteiger partial charge in [0.1, 0.15) is 17.4 Å². The Morgan fingerprint density at radius 3 is 2.69 bits per heavy atom. The van der Waals surface area contributed by atoms with E-state index in [1.54, 1.807) is 7.11 Å². The Hall–Kier alpha value is -2.70. The first kappa shape index (κ1) is 21.0. The molecule has 0 amide bonds. The average Bonchev–Trinajstić information content (AvgIpc) is 3.05. The number of aryl methyl sites for hydroxylation is 2. The molecule has 7 nitrogen and oxygen atoms in total. The quantitative estimate of drug-likeness (QED) is 0.508. The number of ether oxygens (including phenoxy) is 1. The third-order valence-electron chi connectivity index (χ3n) is 5.04. The fraction of sp³-hybridized carbons (Fsp3) is 0.545. The normalized spacial score (nSPS) is 11.5. The second-order valence-electron chi connectivity index (χ2n) is 8.05. The Morgan fingerprint density at radius 2 is 1.97 bits per heavy atom. The molecular formula is C22H31N5O2. The van der Waals surface area contributed by atoms with Gasteiger partial charge in [0.15, 0.2) is 5.82 Å². The smallest absolute Gasteiger partial charge is 0.204 e. The molecule has 0 radical (unpaired) electrons. The SMILES string of the molecule is COc1cc(C)c2c(c1)nc(NCCCCCC(=O)CC(C)C)c1nnc(C)n12. The van der Waals surface area contributed by atoms with Crippen molar-refractivity contribution in [3.8, 4) is 5.75 Å². The van der Waals surface area contributed by atoms with Gasteiger partial charge in [-0.3, -0.25) is 9.20 Å². The molecule has 0 saturated carbocycles. The van der Waals surface area contributed by atoms with Crippen LogP contribution in [0.5, 0.6) is 5.75 Å². The zero-order valence-corrected chi connectivity index (χ0v) is 18.1. The van der Waals surface area contributed by atoms with Crippen LogP contribution < -0.4 is 10.1 Å². The number of carbonyl (C=O) groups excluding carboxylic acids is 1. The van der Waals surface area contributed by atoms with E-state index in [1.165, 1.54) is 0 Å². The van der Waals surface area contributed by atoms with Crippen molar-refractivity contribution in [2.45, 2.75) is 59.8 Å². The Kier molecular flexibility index (Phi) is 6.67. The third kappa shape index (κ3) is 4.83. The topological polar surface area (TPSA) is 81.4 Å². The minimum Gasteiger partial charge on any atom is -0.497 e. The highest BCUT2D eigenvalue weighted by molar-refractivity contribution is 5.86. The molecule has 0 aliphatic rings. The van der Waals surface area contributed by atoms with E-state index in [2.05, 4.69) is 29.4 Å². The van der Waals surface area contributed by atoms with Gasteiger partial charge >= 0.3 is 0 Å². The molecule has 0 saturated heterocycles. The lowest BCUT2D eigenvalue weighted by Gasteiger charge is -2.12. The third-order valence-corrected chi connectivity index (χ3v) is 5.04. The van der Waals surface area contributed by atoms with E-state index in [-0.39, 0.29) is 0 Å². The second kappa shape index (κ2) is 9.20. The van der Waals surface area contributed by atoms with Crippen LogP contribution in [-0.2, 0) is 4.79 Å². The largest absolute Gasteiger partial charge is 0.497 e. The Morgan fingerprint density at radius 1 is 1.17 bits per heavy atom. The number of nitrogens with zero attached hydrogens (tertiary/aromatic N) is 4. The number of anilines is 1. The maximum absolute atomic E-state index is 11.8. The highest BCUT2D eigenvalue weighted by atomic mass is 16.5. The van der Waals surface area contributed by atoms with Crippen molar-refractivity contribution >= 4 is 28.3 Å². The summed E-state index contributed by atoms with van der Waals surface area (Å²) in [5, 5.41) is 12.0. The zero-order valence-electron chi connectivity index (χ0n) is 18.1. The molecule has 3 rings (SSSR count). The summed E-state index contributed by atoms with van der Waals surface area (Å²) in [7, 11) is 1.66. The van der Waals surface area contributed by atoms with Crippen molar-refractivity contribution in [2.75, 3.05) is 19.0 Å². The van der Waals surface area contributed by atoms with Crippen LogP contribution in [0.25, 0.3) is 16.7 Å². The van der Waals surface area contributed by atoms with E-state index >= 15 is 0 Å². The second-order valence-corrected chi connectivity index (χ2v) is 8.05. The Labute approximate surface area is 171 Å². The first-order valence-corrected chi connectivity index (χ1v) is 10.4. The summed E-state index contributed by atoms with van der Waals surface area (Å²) in [5.74, 6) is 3.15. The molecule has 0 spiro atoms. The van der Waals surface area contributed by atoms with Gasteiger partial charge in [0.2, 0.25) is 5.65 Å². The van der Waals surface area contributed by atoms with E-state index in [0.29, 0.717) is 24.5 Å². The standard InChI is InChI=1S/C22H31N5O2/c1-14(2)11-17(28)9-7-6-8-10-23-21-22-26-25-16(4)27(22)20-15(3)12-18(29-5)13-19(20)24-21/h12-14H,6-11H2,1-5H3,(H,23,24). The number of Topliss-reactive ketones (excluding diaryl/α,β-unsaturated/α-hetero) is 1. The van der Waals surface area contributed by atoms with Gasteiger partial charge in [-0.2, -0.15) is 0 Å². The number of nitrogens with one attached hydrogen (secondary N) is 1. The Bertz CT molecular complexity index is 1010. The van der Waals surface area contributed by atoms with Crippen molar-refractivity contribution in [1.82, 2.24) is 19.6 Å². The molecule has 0 fully saturated rings. The molecule has 2 heterocycles. The molecule has 3 aromatic rings. The van der Waals surface area contributed by atoms with Crippen molar-refractivity contribution in [3.05, 3.63) is 23.5 Å². The van der Waals surface area contributed by atoms with Crippen molar-refractivity contribution in [1.29, 1.82) is 0 Å². The minimum atomic E-state index is 0.370. The Balaban J connectivity index is 1.70. The number of carbonyl (C=O) groups is 1. The predicted molar refractivity (Wildman–Crippen MR) is 116 cm³/mol. The molecule has 0 aliphatic carbocycles. The van der Waals surface area contributed by atoms with E-state index in [4.69, 9.17) is 9.72 Å². The molecule has 0 unspecified atom stereocenters.